The van der Waals surface area contributed by atoms with E-state index in [4.69, 9.17) is 33.0 Å². The average molecular weight is 504 g/mol. The van der Waals surface area contributed by atoms with E-state index in [-0.39, 0.29) is 22.2 Å². The van der Waals surface area contributed by atoms with Gasteiger partial charge < -0.3 is 15.2 Å². The molecule has 0 aliphatic rings. The standard InChI is InChI=1S/C26H24Cl2FNO4/c1-15(2)22-18(9-6-10-20(22)34-12-11-16-7-4-3-5-8-16)26(33)30-19-13-17(14-21(31)32)23(27)24(28)25(19)29/h3-10,13,15H,11-12,14H2,1-2H3,(H,30,33)(H,31,32). The lowest BCUT2D eigenvalue weighted by Gasteiger charge is -2.19. The summed E-state index contributed by atoms with van der Waals surface area (Å²) in [5.74, 6) is -2.16. The zero-order valence-electron chi connectivity index (χ0n) is 18.7. The van der Waals surface area contributed by atoms with Crippen LogP contribution in [0.25, 0.3) is 0 Å². The van der Waals surface area contributed by atoms with Crippen LogP contribution in [0, 0.1) is 5.82 Å². The second-order valence-corrected chi connectivity index (χ2v) is 8.76. The first-order chi connectivity index (χ1) is 16.2. The summed E-state index contributed by atoms with van der Waals surface area (Å²) in [6.07, 6.45) is 0.235. The minimum Gasteiger partial charge on any atom is -0.493 e. The largest absolute Gasteiger partial charge is 0.493 e. The molecule has 34 heavy (non-hydrogen) atoms. The van der Waals surface area contributed by atoms with Gasteiger partial charge in [0.25, 0.3) is 5.91 Å². The molecule has 0 radical (unpaired) electrons. The van der Waals surface area contributed by atoms with Crippen molar-refractivity contribution in [1.29, 1.82) is 0 Å². The van der Waals surface area contributed by atoms with Crippen molar-refractivity contribution in [3.63, 3.8) is 0 Å². The van der Waals surface area contributed by atoms with Crippen molar-refractivity contribution in [1.82, 2.24) is 0 Å². The Morgan fingerprint density at radius 2 is 1.76 bits per heavy atom. The highest BCUT2D eigenvalue weighted by molar-refractivity contribution is 6.43. The molecule has 3 aromatic rings. The van der Waals surface area contributed by atoms with E-state index in [2.05, 4.69) is 5.32 Å². The Hall–Kier alpha value is -3.09. The van der Waals surface area contributed by atoms with Crippen molar-refractivity contribution in [3.05, 3.63) is 92.7 Å². The number of amides is 1. The van der Waals surface area contributed by atoms with E-state index in [0.717, 1.165) is 5.56 Å². The van der Waals surface area contributed by atoms with Gasteiger partial charge in [-0.2, -0.15) is 0 Å². The lowest BCUT2D eigenvalue weighted by molar-refractivity contribution is -0.136. The summed E-state index contributed by atoms with van der Waals surface area (Å²) in [4.78, 5) is 24.3. The molecule has 0 unspecified atom stereocenters. The number of carbonyl (C=O) groups excluding carboxylic acids is 1. The molecule has 8 heteroatoms. The van der Waals surface area contributed by atoms with Crippen LogP contribution in [0.4, 0.5) is 10.1 Å². The summed E-state index contributed by atoms with van der Waals surface area (Å²) in [5, 5.41) is 10.9. The molecule has 3 rings (SSSR count). The Labute approximate surface area is 207 Å². The highest BCUT2D eigenvalue weighted by Crippen LogP contribution is 2.35. The van der Waals surface area contributed by atoms with E-state index in [1.54, 1.807) is 18.2 Å². The molecule has 0 heterocycles. The third-order valence-corrected chi connectivity index (χ3v) is 6.07. The number of ether oxygens (including phenoxy) is 1. The van der Waals surface area contributed by atoms with Gasteiger partial charge in [0.15, 0.2) is 5.82 Å². The SMILES string of the molecule is CC(C)c1c(OCCc2ccccc2)cccc1C(=O)Nc1cc(CC(=O)O)c(Cl)c(Cl)c1F. The molecule has 0 aromatic heterocycles. The van der Waals surface area contributed by atoms with E-state index in [0.29, 0.717) is 29.9 Å². The van der Waals surface area contributed by atoms with Gasteiger partial charge in [-0.1, -0.05) is 73.4 Å². The maximum Gasteiger partial charge on any atom is 0.307 e. The maximum absolute atomic E-state index is 14.7. The van der Waals surface area contributed by atoms with E-state index < -0.39 is 29.1 Å². The summed E-state index contributed by atoms with van der Waals surface area (Å²) in [6, 6.07) is 16.2. The van der Waals surface area contributed by atoms with Crippen LogP contribution < -0.4 is 10.1 Å². The quantitative estimate of drug-likeness (QED) is 0.316. The van der Waals surface area contributed by atoms with Crippen molar-refractivity contribution in [2.24, 2.45) is 0 Å². The number of hydrogen-bond acceptors (Lipinski definition) is 3. The second kappa shape index (κ2) is 11.4. The summed E-state index contributed by atoms with van der Waals surface area (Å²) < 4.78 is 20.7. The van der Waals surface area contributed by atoms with Crippen LogP contribution in [0.1, 0.15) is 46.8 Å². The minimum atomic E-state index is -1.16. The van der Waals surface area contributed by atoms with Crippen LogP contribution in [0.2, 0.25) is 10.0 Å². The smallest absolute Gasteiger partial charge is 0.307 e. The first-order valence-corrected chi connectivity index (χ1v) is 11.4. The van der Waals surface area contributed by atoms with Gasteiger partial charge in [-0.05, 0) is 35.2 Å². The molecule has 0 aliphatic heterocycles. The maximum atomic E-state index is 14.7. The van der Waals surface area contributed by atoms with E-state index >= 15 is 0 Å². The molecule has 5 nitrogen and oxygen atoms in total. The molecular formula is C26H24Cl2FNO4. The molecule has 0 aliphatic carbocycles. The van der Waals surface area contributed by atoms with Crippen LogP contribution in [0.3, 0.4) is 0 Å². The van der Waals surface area contributed by atoms with Gasteiger partial charge in [0.05, 0.1) is 28.8 Å². The zero-order chi connectivity index (χ0) is 24.8. The molecule has 178 valence electrons. The van der Waals surface area contributed by atoms with Gasteiger partial charge in [-0.25, -0.2) is 4.39 Å². The predicted molar refractivity (Wildman–Crippen MR) is 132 cm³/mol. The molecule has 3 aromatic carbocycles. The molecule has 0 saturated carbocycles. The number of rotatable bonds is 9. The van der Waals surface area contributed by atoms with Gasteiger partial charge in [-0.3, -0.25) is 9.59 Å². The topological polar surface area (TPSA) is 75.6 Å². The predicted octanol–water partition coefficient (Wildman–Crippen LogP) is 6.76. The Kier molecular flexibility index (Phi) is 8.53. The van der Waals surface area contributed by atoms with E-state index in [9.17, 15) is 14.0 Å². The summed E-state index contributed by atoms with van der Waals surface area (Å²) in [7, 11) is 0. The molecule has 1 amide bonds. The van der Waals surface area contributed by atoms with Gasteiger partial charge in [0.1, 0.15) is 5.75 Å². The zero-order valence-corrected chi connectivity index (χ0v) is 20.2. The van der Waals surface area contributed by atoms with Gasteiger partial charge in [0.2, 0.25) is 0 Å². The molecule has 0 fully saturated rings. The fourth-order valence-corrected chi connectivity index (χ4v) is 4.04. The van der Waals surface area contributed by atoms with Crippen LogP contribution in [-0.4, -0.2) is 23.6 Å². The van der Waals surface area contributed by atoms with Crippen molar-refractivity contribution < 1.29 is 23.8 Å². The monoisotopic (exact) mass is 503 g/mol. The Balaban J connectivity index is 1.86. The number of carboxylic acid groups (broad SMARTS) is 1. The van der Waals surface area contributed by atoms with Crippen LogP contribution >= 0.6 is 23.2 Å². The molecule has 0 spiro atoms. The Bertz CT molecular complexity index is 1200. The molecular weight excluding hydrogens is 480 g/mol. The van der Waals surface area contributed by atoms with Crippen LogP contribution in [-0.2, 0) is 17.6 Å². The molecule has 0 atom stereocenters. The van der Waals surface area contributed by atoms with Crippen molar-refractivity contribution in [3.8, 4) is 5.75 Å². The third-order valence-electron chi connectivity index (χ3n) is 5.19. The van der Waals surface area contributed by atoms with Crippen LogP contribution in [0.5, 0.6) is 5.75 Å². The van der Waals surface area contributed by atoms with Gasteiger partial charge >= 0.3 is 5.97 Å². The fraction of sp³-hybridized carbons (Fsp3) is 0.231. The number of benzene rings is 3. The Morgan fingerprint density at radius 3 is 2.41 bits per heavy atom. The number of carbonyl (C=O) groups is 2. The highest BCUT2D eigenvalue weighted by atomic mass is 35.5. The number of halogens is 3. The second-order valence-electron chi connectivity index (χ2n) is 8.01. The molecule has 0 bridgehead atoms. The van der Waals surface area contributed by atoms with Crippen molar-refractivity contribution >= 4 is 40.8 Å². The lowest BCUT2D eigenvalue weighted by Crippen LogP contribution is -2.17. The van der Waals surface area contributed by atoms with Gasteiger partial charge in [-0.15, -0.1) is 0 Å². The first kappa shape index (κ1) is 25.5. The fourth-order valence-electron chi connectivity index (χ4n) is 3.62. The number of carboxylic acids is 1. The lowest BCUT2D eigenvalue weighted by atomic mass is 9.95. The van der Waals surface area contributed by atoms with E-state index in [1.165, 1.54) is 6.07 Å². The Morgan fingerprint density at radius 1 is 1.06 bits per heavy atom. The highest BCUT2D eigenvalue weighted by Gasteiger charge is 2.22. The van der Waals surface area contributed by atoms with Crippen molar-refractivity contribution in [2.75, 3.05) is 11.9 Å². The number of nitrogens with one attached hydrogen (secondary N) is 1. The normalized spacial score (nSPS) is 10.9. The summed E-state index contributed by atoms with van der Waals surface area (Å²) >= 11 is 11.9. The number of hydrogen-bond donors (Lipinski definition) is 2. The molecule has 0 saturated heterocycles. The number of aliphatic carboxylic acids is 1. The average Bonchev–Trinajstić information content (AvgIpc) is 2.80. The third kappa shape index (κ3) is 6.07. The summed E-state index contributed by atoms with van der Waals surface area (Å²) in [6.45, 7) is 4.29. The van der Waals surface area contributed by atoms with Crippen LogP contribution in [0.15, 0.2) is 54.6 Å². The van der Waals surface area contributed by atoms with Gasteiger partial charge in [0, 0.05) is 17.5 Å². The molecule has 2 N–H and O–H groups in total. The van der Waals surface area contributed by atoms with Crippen molar-refractivity contribution in [2.45, 2.75) is 32.6 Å². The minimum absolute atomic E-state index is 0.0603. The number of anilines is 1. The summed E-state index contributed by atoms with van der Waals surface area (Å²) in [5.41, 5.74) is 1.98. The van der Waals surface area contributed by atoms with E-state index in [1.807, 2.05) is 44.2 Å². The first-order valence-electron chi connectivity index (χ1n) is 10.7.